The number of carbonyl (C=O) groups is 3. The fourth-order valence-corrected chi connectivity index (χ4v) is 2.95. The molecular formula is C16H19FN2O3. The van der Waals surface area contributed by atoms with Crippen LogP contribution in [0.5, 0.6) is 0 Å². The van der Waals surface area contributed by atoms with Gasteiger partial charge in [-0.3, -0.25) is 14.4 Å². The van der Waals surface area contributed by atoms with Crippen molar-refractivity contribution in [3.8, 4) is 0 Å². The monoisotopic (exact) mass is 306 g/mol. The number of hydrogen-bond donors (Lipinski definition) is 2. The van der Waals surface area contributed by atoms with Gasteiger partial charge in [-0.1, -0.05) is 6.92 Å². The summed E-state index contributed by atoms with van der Waals surface area (Å²) in [6.45, 7) is 4.47. The molecular weight excluding hydrogens is 287 g/mol. The van der Waals surface area contributed by atoms with Crippen LogP contribution in [0.15, 0.2) is 6.07 Å². The van der Waals surface area contributed by atoms with E-state index in [-0.39, 0.29) is 23.3 Å². The lowest BCUT2D eigenvalue weighted by molar-refractivity contribution is -0.119. The summed E-state index contributed by atoms with van der Waals surface area (Å²) in [6, 6.07) is 0.556. The maximum absolute atomic E-state index is 14.2. The lowest BCUT2D eigenvalue weighted by Crippen LogP contribution is -2.43. The van der Waals surface area contributed by atoms with Crippen molar-refractivity contribution < 1.29 is 18.8 Å². The van der Waals surface area contributed by atoms with E-state index in [4.69, 9.17) is 0 Å². The van der Waals surface area contributed by atoms with E-state index in [2.05, 4.69) is 10.6 Å². The Hall–Kier alpha value is -2.24. The summed E-state index contributed by atoms with van der Waals surface area (Å²) in [4.78, 5) is 35.2. The second-order valence-electron chi connectivity index (χ2n) is 5.43. The molecule has 118 valence electrons. The fraction of sp³-hybridized carbons (Fsp3) is 0.438. The Labute approximate surface area is 128 Å². The van der Waals surface area contributed by atoms with Crippen LogP contribution in [0, 0.1) is 5.82 Å². The van der Waals surface area contributed by atoms with Crippen LogP contribution in [-0.4, -0.2) is 23.6 Å². The predicted octanol–water partition coefficient (Wildman–Crippen LogP) is 1.98. The molecule has 1 aromatic rings. The number of fused-ring (bicyclic) bond motifs is 1. The third-order valence-electron chi connectivity index (χ3n) is 3.78. The van der Waals surface area contributed by atoms with Gasteiger partial charge >= 0.3 is 0 Å². The van der Waals surface area contributed by atoms with E-state index < -0.39 is 11.9 Å². The fourth-order valence-electron chi connectivity index (χ4n) is 2.95. The second kappa shape index (κ2) is 6.25. The van der Waals surface area contributed by atoms with Gasteiger partial charge in [-0.25, -0.2) is 4.39 Å². The van der Waals surface area contributed by atoms with Crippen LogP contribution in [0.1, 0.15) is 48.7 Å². The average Bonchev–Trinajstić information content (AvgIpc) is 2.40. The van der Waals surface area contributed by atoms with Gasteiger partial charge in [0.05, 0.1) is 11.7 Å². The zero-order valence-corrected chi connectivity index (χ0v) is 12.9. The number of benzene rings is 1. The van der Waals surface area contributed by atoms with Crippen LogP contribution in [0.3, 0.4) is 0 Å². The first kappa shape index (κ1) is 16.1. The summed E-state index contributed by atoms with van der Waals surface area (Å²) in [6.07, 6.45) is 1.38. The quantitative estimate of drug-likeness (QED) is 0.896. The summed E-state index contributed by atoms with van der Waals surface area (Å²) in [7, 11) is 0. The number of nitrogens with one attached hydrogen (secondary N) is 2. The molecule has 5 nitrogen and oxygen atoms in total. The maximum Gasteiger partial charge on any atom is 0.221 e. The van der Waals surface area contributed by atoms with Gasteiger partial charge in [0.15, 0.2) is 5.78 Å². The SMILES string of the molecule is CCc1c(F)cc(NC(C)=O)c2c1CCC(NC(C)=O)C2=O. The first-order valence-corrected chi connectivity index (χ1v) is 7.28. The van der Waals surface area contributed by atoms with Crippen molar-refractivity contribution in [1.82, 2.24) is 5.32 Å². The Bertz CT molecular complexity index is 655. The van der Waals surface area contributed by atoms with Gasteiger partial charge in [-0.05, 0) is 36.5 Å². The average molecular weight is 306 g/mol. The predicted molar refractivity (Wildman–Crippen MR) is 80.3 cm³/mol. The van der Waals surface area contributed by atoms with Gasteiger partial charge in [-0.2, -0.15) is 0 Å². The minimum atomic E-state index is -0.632. The highest BCUT2D eigenvalue weighted by Crippen LogP contribution is 2.33. The third-order valence-corrected chi connectivity index (χ3v) is 3.78. The van der Waals surface area contributed by atoms with Crippen molar-refractivity contribution in [2.24, 2.45) is 0 Å². The lowest BCUT2D eigenvalue weighted by Gasteiger charge is -2.27. The molecule has 1 aliphatic carbocycles. The lowest BCUT2D eigenvalue weighted by atomic mass is 9.82. The summed E-state index contributed by atoms with van der Waals surface area (Å²) < 4.78 is 14.2. The molecule has 0 bridgehead atoms. The van der Waals surface area contributed by atoms with Gasteiger partial charge in [0, 0.05) is 19.4 Å². The number of rotatable bonds is 3. The molecule has 0 radical (unpaired) electrons. The molecule has 1 aromatic carbocycles. The summed E-state index contributed by atoms with van der Waals surface area (Å²) in [5.74, 6) is -1.37. The molecule has 0 heterocycles. The van der Waals surface area contributed by atoms with E-state index in [0.29, 0.717) is 36.0 Å². The Morgan fingerprint density at radius 3 is 2.55 bits per heavy atom. The van der Waals surface area contributed by atoms with Gasteiger partial charge in [0.1, 0.15) is 5.82 Å². The highest BCUT2D eigenvalue weighted by Gasteiger charge is 2.33. The first-order chi connectivity index (χ1) is 10.3. The third kappa shape index (κ3) is 3.00. The zero-order valence-electron chi connectivity index (χ0n) is 12.9. The van der Waals surface area contributed by atoms with Crippen LogP contribution in [-0.2, 0) is 22.4 Å². The van der Waals surface area contributed by atoms with Gasteiger partial charge < -0.3 is 10.6 Å². The summed E-state index contributed by atoms with van der Waals surface area (Å²) >= 11 is 0. The molecule has 0 spiro atoms. The normalized spacial score (nSPS) is 16.9. The molecule has 2 rings (SSSR count). The Morgan fingerprint density at radius 1 is 1.32 bits per heavy atom. The molecule has 22 heavy (non-hydrogen) atoms. The van der Waals surface area contributed by atoms with Crippen molar-refractivity contribution in [1.29, 1.82) is 0 Å². The summed E-state index contributed by atoms with van der Waals surface area (Å²) in [5.41, 5.74) is 1.63. The standard InChI is InChI=1S/C16H19FN2O3/c1-4-10-11-5-6-13(18-8(2)20)16(22)15(11)14(7-12(10)17)19-9(3)21/h7,13H,4-6H2,1-3H3,(H,18,20)(H,19,21). The number of amides is 2. The van der Waals surface area contributed by atoms with E-state index in [1.54, 1.807) is 0 Å². The molecule has 1 unspecified atom stereocenters. The highest BCUT2D eigenvalue weighted by atomic mass is 19.1. The number of hydrogen-bond acceptors (Lipinski definition) is 3. The van der Waals surface area contributed by atoms with Crippen LogP contribution >= 0.6 is 0 Å². The molecule has 0 saturated heterocycles. The van der Waals surface area contributed by atoms with E-state index in [9.17, 15) is 18.8 Å². The largest absolute Gasteiger partial charge is 0.346 e. The molecule has 2 N–H and O–H groups in total. The second-order valence-corrected chi connectivity index (χ2v) is 5.43. The Morgan fingerprint density at radius 2 is 2.00 bits per heavy atom. The molecule has 0 aliphatic heterocycles. The van der Waals surface area contributed by atoms with E-state index in [0.717, 1.165) is 0 Å². The van der Waals surface area contributed by atoms with Gasteiger partial charge in [0.25, 0.3) is 0 Å². The van der Waals surface area contributed by atoms with E-state index in [1.807, 2.05) is 6.92 Å². The van der Waals surface area contributed by atoms with Crippen molar-refractivity contribution in [3.63, 3.8) is 0 Å². The van der Waals surface area contributed by atoms with Gasteiger partial charge in [-0.15, -0.1) is 0 Å². The molecule has 1 aliphatic rings. The number of carbonyl (C=O) groups excluding carboxylic acids is 3. The van der Waals surface area contributed by atoms with Crippen molar-refractivity contribution in [2.75, 3.05) is 5.32 Å². The minimum absolute atomic E-state index is 0.178. The van der Waals surface area contributed by atoms with Gasteiger partial charge in [0.2, 0.25) is 11.8 Å². The molecule has 0 aromatic heterocycles. The molecule has 6 heteroatoms. The Balaban J connectivity index is 2.56. The number of ketones is 1. The number of anilines is 1. The highest BCUT2D eigenvalue weighted by molar-refractivity contribution is 6.10. The van der Waals surface area contributed by atoms with Crippen LogP contribution < -0.4 is 10.6 Å². The topological polar surface area (TPSA) is 75.3 Å². The van der Waals surface area contributed by atoms with Crippen molar-refractivity contribution in [2.45, 2.75) is 46.1 Å². The van der Waals surface area contributed by atoms with Crippen molar-refractivity contribution in [3.05, 3.63) is 28.6 Å². The van der Waals surface area contributed by atoms with Crippen molar-refractivity contribution >= 4 is 23.3 Å². The molecule has 2 amide bonds. The first-order valence-electron chi connectivity index (χ1n) is 7.28. The number of Topliss-reactive ketones (excluding diaryl/α,β-unsaturated/α-hetero) is 1. The van der Waals surface area contributed by atoms with E-state index in [1.165, 1.54) is 19.9 Å². The van der Waals surface area contributed by atoms with Crippen LogP contribution in [0.25, 0.3) is 0 Å². The molecule has 1 atom stereocenters. The molecule has 0 fully saturated rings. The zero-order chi connectivity index (χ0) is 16.4. The molecule has 0 saturated carbocycles. The smallest absolute Gasteiger partial charge is 0.221 e. The Kier molecular flexibility index (Phi) is 4.59. The number of halogens is 1. The van der Waals surface area contributed by atoms with E-state index >= 15 is 0 Å². The van der Waals surface area contributed by atoms with Crippen LogP contribution in [0.2, 0.25) is 0 Å². The minimum Gasteiger partial charge on any atom is -0.346 e. The van der Waals surface area contributed by atoms with Crippen LogP contribution in [0.4, 0.5) is 10.1 Å². The summed E-state index contributed by atoms with van der Waals surface area (Å²) in [5, 5.41) is 5.13. The maximum atomic E-state index is 14.2.